The van der Waals surface area contributed by atoms with E-state index in [9.17, 15) is 14.4 Å². The average molecular weight is 821 g/mol. The molecule has 0 heterocycles. The molecule has 0 aromatic heterocycles. The molecule has 0 bridgehead atoms. The number of ether oxygens (including phenoxy) is 3. The summed E-state index contributed by atoms with van der Waals surface area (Å²) in [5.74, 6) is -0.840. The first-order valence-electron chi connectivity index (χ1n) is 26.0. The molecule has 1 atom stereocenters. The van der Waals surface area contributed by atoms with Gasteiger partial charge in [0.2, 0.25) is 0 Å². The third-order valence-corrected chi connectivity index (χ3v) is 11.9. The number of hydrogen-bond acceptors (Lipinski definition) is 6. The van der Waals surface area contributed by atoms with Gasteiger partial charge in [0.15, 0.2) is 6.10 Å². The van der Waals surface area contributed by atoms with Crippen LogP contribution in [0.2, 0.25) is 0 Å². The molecule has 0 spiro atoms. The fourth-order valence-electron chi connectivity index (χ4n) is 7.92. The second kappa shape index (κ2) is 48.1. The Morgan fingerprint density at radius 1 is 0.276 bits per heavy atom. The fraction of sp³-hybridized carbons (Fsp3) is 0.942. The van der Waals surface area contributed by atoms with Crippen LogP contribution in [0.25, 0.3) is 0 Å². The second-order valence-electron chi connectivity index (χ2n) is 17.8. The van der Waals surface area contributed by atoms with Crippen molar-refractivity contribution in [3.05, 3.63) is 0 Å². The van der Waals surface area contributed by atoms with Crippen LogP contribution in [0.1, 0.15) is 297 Å². The molecule has 0 amide bonds. The van der Waals surface area contributed by atoms with Gasteiger partial charge < -0.3 is 14.2 Å². The van der Waals surface area contributed by atoms with Crippen LogP contribution in [0.15, 0.2) is 0 Å². The van der Waals surface area contributed by atoms with Crippen molar-refractivity contribution in [1.82, 2.24) is 0 Å². The molecular formula is C52H100O6. The van der Waals surface area contributed by atoms with Crippen molar-refractivity contribution in [2.75, 3.05) is 13.2 Å². The second-order valence-corrected chi connectivity index (χ2v) is 17.8. The molecule has 0 saturated carbocycles. The number of unbranched alkanes of at least 4 members (excludes halogenated alkanes) is 37. The highest BCUT2D eigenvalue weighted by molar-refractivity contribution is 5.71. The summed E-state index contributed by atoms with van der Waals surface area (Å²) >= 11 is 0. The number of carbonyl (C=O) groups excluding carboxylic acids is 3. The normalized spacial score (nSPS) is 11.8. The van der Waals surface area contributed by atoms with Crippen LogP contribution < -0.4 is 0 Å². The van der Waals surface area contributed by atoms with Crippen LogP contribution >= 0.6 is 0 Å². The maximum Gasteiger partial charge on any atom is 0.306 e. The first-order chi connectivity index (χ1) is 28.5. The van der Waals surface area contributed by atoms with Crippen molar-refractivity contribution in [2.24, 2.45) is 0 Å². The predicted octanol–water partition coefficient (Wildman–Crippen LogP) is 16.8. The van der Waals surface area contributed by atoms with Gasteiger partial charge >= 0.3 is 17.9 Å². The Labute approximate surface area is 361 Å². The highest BCUT2D eigenvalue weighted by atomic mass is 16.6. The molecule has 0 radical (unpaired) electrons. The molecule has 58 heavy (non-hydrogen) atoms. The molecule has 6 nitrogen and oxygen atoms in total. The summed E-state index contributed by atoms with van der Waals surface area (Å²) in [6, 6.07) is 0. The SMILES string of the molecule is CCCCCCCCCCCCCCCCCC(=O)OC[C@@H](COC(=O)CCCCCCCCCCCCCCC)OC(=O)CCCCCCCCCCCCCC. The number of rotatable bonds is 48. The van der Waals surface area contributed by atoms with Crippen molar-refractivity contribution in [3.63, 3.8) is 0 Å². The minimum Gasteiger partial charge on any atom is -0.462 e. The Bertz CT molecular complexity index is 859. The van der Waals surface area contributed by atoms with E-state index in [1.165, 1.54) is 199 Å². The molecule has 0 fully saturated rings. The van der Waals surface area contributed by atoms with Crippen molar-refractivity contribution in [2.45, 2.75) is 303 Å². The Hall–Kier alpha value is -1.59. The van der Waals surface area contributed by atoms with Crippen LogP contribution in [0.3, 0.4) is 0 Å². The van der Waals surface area contributed by atoms with Gasteiger partial charge in [0.1, 0.15) is 13.2 Å². The molecular weight excluding hydrogens is 721 g/mol. The van der Waals surface area contributed by atoms with E-state index in [0.717, 1.165) is 57.8 Å². The fourth-order valence-corrected chi connectivity index (χ4v) is 7.92. The lowest BCUT2D eigenvalue weighted by Gasteiger charge is -2.18. The lowest BCUT2D eigenvalue weighted by atomic mass is 10.0. The summed E-state index contributed by atoms with van der Waals surface area (Å²) in [4.78, 5) is 37.9. The van der Waals surface area contributed by atoms with Crippen LogP contribution in [-0.2, 0) is 28.6 Å². The van der Waals surface area contributed by atoms with Gasteiger partial charge in [0.05, 0.1) is 0 Å². The summed E-state index contributed by atoms with van der Waals surface area (Å²) in [6.45, 7) is 6.68. The van der Waals surface area contributed by atoms with Gasteiger partial charge in [-0.3, -0.25) is 14.4 Å². The van der Waals surface area contributed by atoms with Gasteiger partial charge in [-0.1, -0.05) is 258 Å². The average Bonchev–Trinajstić information content (AvgIpc) is 3.22. The Morgan fingerprint density at radius 3 is 0.690 bits per heavy atom. The maximum atomic E-state index is 12.8. The maximum absolute atomic E-state index is 12.8. The Balaban J connectivity index is 4.29. The zero-order chi connectivity index (χ0) is 42.3. The number of carbonyl (C=O) groups is 3. The van der Waals surface area contributed by atoms with Crippen LogP contribution in [0, 0.1) is 0 Å². The molecule has 0 aromatic rings. The molecule has 0 aromatic carbocycles. The molecule has 344 valence electrons. The predicted molar refractivity (Wildman–Crippen MR) is 247 cm³/mol. The van der Waals surface area contributed by atoms with Crippen molar-refractivity contribution >= 4 is 17.9 Å². The molecule has 0 unspecified atom stereocenters. The van der Waals surface area contributed by atoms with Gasteiger partial charge in [-0.15, -0.1) is 0 Å². The topological polar surface area (TPSA) is 78.9 Å². The highest BCUT2D eigenvalue weighted by Crippen LogP contribution is 2.17. The Kier molecular flexibility index (Phi) is 46.8. The van der Waals surface area contributed by atoms with Crippen molar-refractivity contribution < 1.29 is 28.6 Å². The van der Waals surface area contributed by atoms with Crippen LogP contribution in [0.4, 0.5) is 0 Å². The van der Waals surface area contributed by atoms with E-state index in [2.05, 4.69) is 20.8 Å². The summed E-state index contributed by atoms with van der Waals surface area (Å²) in [5.41, 5.74) is 0. The quantitative estimate of drug-likeness (QED) is 0.0346. The van der Waals surface area contributed by atoms with E-state index in [1.54, 1.807) is 0 Å². The van der Waals surface area contributed by atoms with Crippen LogP contribution in [0.5, 0.6) is 0 Å². The zero-order valence-electron chi connectivity index (χ0n) is 39.3. The summed E-state index contributed by atoms with van der Waals surface area (Å²) in [5, 5.41) is 0. The third-order valence-electron chi connectivity index (χ3n) is 11.9. The molecule has 0 aliphatic heterocycles. The molecule has 0 aliphatic carbocycles. The lowest BCUT2D eigenvalue weighted by molar-refractivity contribution is -0.167. The van der Waals surface area contributed by atoms with E-state index in [-0.39, 0.29) is 31.1 Å². The molecule has 0 saturated heterocycles. The first-order valence-corrected chi connectivity index (χ1v) is 26.0. The lowest BCUT2D eigenvalue weighted by Crippen LogP contribution is -2.30. The summed E-state index contributed by atoms with van der Waals surface area (Å²) in [7, 11) is 0. The van der Waals surface area contributed by atoms with E-state index >= 15 is 0 Å². The minimum absolute atomic E-state index is 0.0617. The highest BCUT2D eigenvalue weighted by Gasteiger charge is 2.19. The van der Waals surface area contributed by atoms with E-state index < -0.39 is 6.10 Å². The zero-order valence-corrected chi connectivity index (χ0v) is 39.3. The largest absolute Gasteiger partial charge is 0.462 e. The monoisotopic (exact) mass is 821 g/mol. The van der Waals surface area contributed by atoms with Crippen molar-refractivity contribution in [1.29, 1.82) is 0 Å². The Morgan fingerprint density at radius 2 is 0.466 bits per heavy atom. The summed E-state index contributed by atoms with van der Waals surface area (Å²) < 4.78 is 16.8. The number of esters is 3. The third kappa shape index (κ3) is 45.5. The molecule has 0 N–H and O–H groups in total. The molecule has 0 aliphatic rings. The van der Waals surface area contributed by atoms with E-state index in [1.807, 2.05) is 0 Å². The first kappa shape index (κ1) is 56.4. The standard InChI is InChI=1S/C52H100O6/c1-4-7-10-13-16-19-22-25-26-28-31-33-36-39-42-45-51(54)57-48-49(58-52(55)46-43-40-37-34-29-24-21-18-15-12-9-6-3)47-56-50(53)44-41-38-35-32-30-27-23-20-17-14-11-8-5-2/h49H,4-48H2,1-3H3/t49-/m1/s1. The van der Waals surface area contributed by atoms with Gasteiger partial charge in [0.25, 0.3) is 0 Å². The summed E-state index contributed by atoms with van der Waals surface area (Å²) in [6.07, 6.45) is 50.8. The minimum atomic E-state index is -0.759. The molecule has 0 rings (SSSR count). The van der Waals surface area contributed by atoms with E-state index in [4.69, 9.17) is 14.2 Å². The smallest absolute Gasteiger partial charge is 0.306 e. The van der Waals surface area contributed by atoms with Gasteiger partial charge in [-0.2, -0.15) is 0 Å². The van der Waals surface area contributed by atoms with Gasteiger partial charge in [0, 0.05) is 19.3 Å². The van der Waals surface area contributed by atoms with Crippen molar-refractivity contribution in [3.8, 4) is 0 Å². The van der Waals surface area contributed by atoms with Crippen LogP contribution in [-0.4, -0.2) is 37.2 Å². The number of hydrogen-bond donors (Lipinski definition) is 0. The molecule has 6 heteroatoms. The van der Waals surface area contributed by atoms with E-state index in [0.29, 0.717) is 19.3 Å². The van der Waals surface area contributed by atoms with Gasteiger partial charge in [-0.25, -0.2) is 0 Å². The van der Waals surface area contributed by atoms with Gasteiger partial charge in [-0.05, 0) is 19.3 Å².